The minimum absolute atomic E-state index is 0.166. The Bertz CT molecular complexity index is 269. The van der Waals surface area contributed by atoms with Crippen LogP contribution in [0.15, 0.2) is 16.8 Å². The van der Waals surface area contributed by atoms with E-state index >= 15 is 0 Å². The topological polar surface area (TPSA) is 32.3 Å². The first-order chi connectivity index (χ1) is 7.05. The van der Waals surface area contributed by atoms with Crippen LogP contribution in [0.4, 0.5) is 0 Å². The lowest BCUT2D eigenvalue weighted by atomic mass is 9.89. The summed E-state index contributed by atoms with van der Waals surface area (Å²) >= 11 is 1.73. The van der Waals surface area contributed by atoms with Gasteiger partial charge in [-0.2, -0.15) is 11.3 Å². The third-order valence-corrected chi connectivity index (χ3v) is 3.42. The number of nitrogens with one attached hydrogen (secondary N) is 1. The molecule has 1 aromatic rings. The van der Waals surface area contributed by atoms with Gasteiger partial charge in [-0.25, -0.2) is 0 Å². The molecule has 3 heteroatoms. The second-order valence-corrected chi connectivity index (χ2v) is 5.58. The zero-order valence-corrected chi connectivity index (χ0v) is 10.6. The summed E-state index contributed by atoms with van der Waals surface area (Å²) in [4.78, 5) is 0. The van der Waals surface area contributed by atoms with Crippen LogP contribution in [0.3, 0.4) is 0 Å². The molecule has 0 amide bonds. The van der Waals surface area contributed by atoms with Crippen molar-refractivity contribution in [2.24, 2.45) is 5.41 Å². The molecule has 0 aliphatic carbocycles. The summed E-state index contributed by atoms with van der Waals surface area (Å²) in [7, 11) is 0. The van der Waals surface area contributed by atoms with Crippen LogP contribution in [-0.2, 0) is 0 Å². The van der Waals surface area contributed by atoms with Gasteiger partial charge in [-0.1, -0.05) is 13.8 Å². The van der Waals surface area contributed by atoms with Crippen molar-refractivity contribution in [1.82, 2.24) is 5.32 Å². The Morgan fingerprint density at radius 2 is 2.27 bits per heavy atom. The average molecular weight is 227 g/mol. The zero-order chi connectivity index (χ0) is 11.3. The van der Waals surface area contributed by atoms with E-state index < -0.39 is 0 Å². The van der Waals surface area contributed by atoms with E-state index in [0.29, 0.717) is 6.04 Å². The number of thiophene rings is 1. The number of hydrogen-bond acceptors (Lipinski definition) is 3. The van der Waals surface area contributed by atoms with E-state index in [1.165, 1.54) is 5.56 Å². The predicted molar refractivity (Wildman–Crippen MR) is 66.2 cm³/mol. The van der Waals surface area contributed by atoms with Crippen molar-refractivity contribution in [3.8, 4) is 0 Å². The lowest BCUT2D eigenvalue weighted by Crippen LogP contribution is -2.31. The monoisotopic (exact) mass is 227 g/mol. The third-order valence-electron chi connectivity index (χ3n) is 2.72. The Morgan fingerprint density at radius 1 is 1.53 bits per heavy atom. The van der Waals surface area contributed by atoms with E-state index in [0.717, 1.165) is 13.0 Å². The minimum atomic E-state index is 0.166. The summed E-state index contributed by atoms with van der Waals surface area (Å²) in [6.07, 6.45) is 0.844. The highest BCUT2D eigenvalue weighted by Crippen LogP contribution is 2.21. The van der Waals surface area contributed by atoms with Crippen molar-refractivity contribution in [1.29, 1.82) is 0 Å². The number of aliphatic hydroxyl groups excluding tert-OH is 1. The smallest absolute Gasteiger partial charge is 0.0436 e. The maximum Gasteiger partial charge on any atom is 0.0436 e. The molecule has 1 unspecified atom stereocenters. The maximum absolute atomic E-state index is 8.92. The van der Waals surface area contributed by atoms with Gasteiger partial charge in [-0.3, -0.25) is 0 Å². The first-order valence-electron chi connectivity index (χ1n) is 5.41. The largest absolute Gasteiger partial charge is 0.396 e. The lowest BCUT2D eigenvalue weighted by molar-refractivity contribution is 0.204. The number of aliphatic hydroxyl groups is 1. The Kier molecular flexibility index (Phi) is 4.77. The predicted octanol–water partition coefficient (Wildman–Crippen LogP) is 2.81. The van der Waals surface area contributed by atoms with Crippen LogP contribution >= 0.6 is 11.3 Å². The Hall–Kier alpha value is -0.380. The van der Waals surface area contributed by atoms with Crippen LogP contribution in [-0.4, -0.2) is 18.3 Å². The molecule has 0 aliphatic heterocycles. The highest BCUT2D eigenvalue weighted by atomic mass is 32.1. The van der Waals surface area contributed by atoms with Gasteiger partial charge in [0.05, 0.1) is 0 Å². The summed E-state index contributed by atoms with van der Waals surface area (Å²) in [5, 5.41) is 16.7. The molecule has 2 N–H and O–H groups in total. The molecule has 0 aliphatic rings. The summed E-state index contributed by atoms with van der Waals surface area (Å²) < 4.78 is 0. The first-order valence-corrected chi connectivity index (χ1v) is 6.36. The van der Waals surface area contributed by atoms with Crippen molar-refractivity contribution in [3.63, 3.8) is 0 Å². The van der Waals surface area contributed by atoms with Crippen LogP contribution in [0.25, 0.3) is 0 Å². The molecular formula is C12H21NOS. The zero-order valence-electron chi connectivity index (χ0n) is 9.79. The molecule has 1 heterocycles. The normalized spacial score (nSPS) is 14.1. The van der Waals surface area contributed by atoms with Crippen molar-refractivity contribution >= 4 is 11.3 Å². The molecule has 0 spiro atoms. The second-order valence-electron chi connectivity index (χ2n) is 4.80. The SMILES string of the molecule is CC(NCC(C)(C)CCO)c1ccsc1. The summed E-state index contributed by atoms with van der Waals surface area (Å²) in [5.74, 6) is 0. The molecule has 86 valence electrons. The lowest BCUT2D eigenvalue weighted by Gasteiger charge is -2.26. The number of hydrogen-bond donors (Lipinski definition) is 2. The van der Waals surface area contributed by atoms with Crippen LogP contribution in [0.2, 0.25) is 0 Å². The second kappa shape index (κ2) is 5.64. The highest BCUT2D eigenvalue weighted by molar-refractivity contribution is 7.07. The van der Waals surface area contributed by atoms with Gasteiger partial charge in [-0.05, 0) is 41.1 Å². The summed E-state index contributed by atoms with van der Waals surface area (Å²) in [6, 6.07) is 2.55. The quantitative estimate of drug-likeness (QED) is 0.783. The van der Waals surface area contributed by atoms with Gasteiger partial charge in [0.15, 0.2) is 0 Å². The molecule has 15 heavy (non-hydrogen) atoms. The molecule has 0 aromatic carbocycles. The van der Waals surface area contributed by atoms with Crippen molar-refractivity contribution in [3.05, 3.63) is 22.4 Å². The van der Waals surface area contributed by atoms with Gasteiger partial charge < -0.3 is 10.4 Å². The van der Waals surface area contributed by atoms with E-state index in [1.807, 2.05) is 0 Å². The van der Waals surface area contributed by atoms with E-state index in [1.54, 1.807) is 11.3 Å². The van der Waals surface area contributed by atoms with E-state index in [2.05, 4.69) is 42.9 Å². The Morgan fingerprint density at radius 3 is 2.80 bits per heavy atom. The fraction of sp³-hybridized carbons (Fsp3) is 0.667. The van der Waals surface area contributed by atoms with Gasteiger partial charge in [0.1, 0.15) is 0 Å². The average Bonchev–Trinajstić information content (AvgIpc) is 2.67. The van der Waals surface area contributed by atoms with Crippen LogP contribution in [0.5, 0.6) is 0 Å². The third kappa shape index (κ3) is 4.33. The van der Waals surface area contributed by atoms with Gasteiger partial charge in [0.25, 0.3) is 0 Å². The molecule has 0 radical (unpaired) electrons. The van der Waals surface area contributed by atoms with Gasteiger partial charge in [0, 0.05) is 19.2 Å². The molecule has 1 aromatic heterocycles. The maximum atomic E-state index is 8.92. The number of rotatable bonds is 6. The van der Waals surface area contributed by atoms with Crippen molar-refractivity contribution in [2.75, 3.05) is 13.2 Å². The summed E-state index contributed by atoms with van der Waals surface area (Å²) in [5.41, 5.74) is 1.51. The fourth-order valence-corrected chi connectivity index (χ4v) is 2.21. The molecule has 2 nitrogen and oxygen atoms in total. The first kappa shape index (κ1) is 12.7. The Labute approximate surface area is 96.3 Å². The molecule has 1 atom stereocenters. The molecule has 0 bridgehead atoms. The van der Waals surface area contributed by atoms with Crippen LogP contribution in [0.1, 0.15) is 38.8 Å². The molecule has 0 saturated carbocycles. The van der Waals surface area contributed by atoms with E-state index in [-0.39, 0.29) is 12.0 Å². The molecule has 0 fully saturated rings. The molecule has 1 rings (SSSR count). The highest BCUT2D eigenvalue weighted by Gasteiger charge is 2.18. The summed E-state index contributed by atoms with van der Waals surface area (Å²) in [6.45, 7) is 7.73. The van der Waals surface area contributed by atoms with Crippen LogP contribution < -0.4 is 5.32 Å². The van der Waals surface area contributed by atoms with E-state index in [9.17, 15) is 0 Å². The van der Waals surface area contributed by atoms with E-state index in [4.69, 9.17) is 5.11 Å². The van der Waals surface area contributed by atoms with Crippen molar-refractivity contribution < 1.29 is 5.11 Å². The fourth-order valence-electron chi connectivity index (χ4n) is 1.46. The van der Waals surface area contributed by atoms with Crippen LogP contribution in [0, 0.1) is 5.41 Å². The molecule has 0 saturated heterocycles. The van der Waals surface area contributed by atoms with Gasteiger partial charge in [0.2, 0.25) is 0 Å². The standard InChI is InChI=1S/C12H21NOS/c1-10(11-4-7-15-8-11)13-9-12(2,3)5-6-14/h4,7-8,10,13-14H,5-6,9H2,1-3H3. The Balaban J connectivity index is 2.37. The minimum Gasteiger partial charge on any atom is -0.396 e. The van der Waals surface area contributed by atoms with Gasteiger partial charge in [-0.15, -0.1) is 0 Å². The van der Waals surface area contributed by atoms with Crippen molar-refractivity contribution in [2.45, 2.75) is 33.2 Å². The molecular weight excluding hydrogens is 206 g/mol. The van der Waals surface area contributed by atoms with Gasteiger partial charge >= 0.3 is 0 Å².